The molecule has 16 nitrogen and oxygen atoms in total. The smallest absolute Gasteiger partial charge is 0.462 e. The second-order valence-corrected chi connectivity index (χ2v) is 18.7. The summed E-state index contributed by atoms with van der Waals surface area (Å²) in [6, 6.07) is 0. The number of unbranched alkanes of at least 4 members (excludes halogenated alkanes) is 24. The van der Waals surface area contributed by atoms with Crippen LogP contribution < -0.4 is 0 Å². The minimum absolute atomic E-state index is 0.0517. The van der Waals surface area contributed by atoms with Gasteiger partial charge in [-0.2, -0.15) is 0 Å². The van der Waals surface area contributed by atoms with E-state index in [2.05, 4.69) is 18.4 Å². The summed E-state index contributed by atoms with van der Waals surface area (Å²) in [7, 11) is -10.6. The predicted molar refractivity (Wildman–Crippen MR) is 223 cm³/mol. The van der Waals surface area contributed by atoms with Gasteiger partial charge in [0.25, 0.3) is 0 Å². The quantitative estimate of drug-likeness (QED) is 0.0177. The lowest BCUT2D eigenvalue weighted by Gasteiger charge is -2.43. The third kappa shape index (κ3) is 28.3. The van der Waals surface area contributed by atoms with Crippen LogP contribution in [0.4, 0.5) is 0 Å². The molecule has 59 heavy (non-hydrogen) atoms. The van der Waals surface area contributed by atoms with Crippen LogP contribution in [0.25, 0.3) is 0 Å². The number of esters is 2. The van der Waals surface area contributed by atoms with Crippen LogP contribution >= 0.6 is 15.6 Å². The van der Waals surface area contributed by atoms with Gasteiger partial charge in [-0.15, -0.1) is 0 Å². The summed E-state index contributed by atoms with van der Waals surface area (Å²) < 4.78 is 49.3. The summed E-state index contributed by atoms with van der Waals surface area (Å²) >= 11 is 0. The minimum atomic E-state index is -5.35. The molecule has 0 aromatic heterocycles. The first-order valence-electron chi connectivity index (χ1n) is 22.6. The van der Waals surface area contributed by atoms with Crippen LogP contribution in [0, 0.1) is 0 Å². The molecule has 8 atom stereocenters. The number of aliphatic hydroxyl groups excluding tert-OH is 4. The Kier molecular flexibility index (Phi) is 31.8. The molecule has 0 spiro atoms. The fraction of sp³-hybridized carbons (Fsp3) is 0.951. The van der Waals surface area contributed by atoms with Gasteiger partial charge in [0.2, 0.25) is 0 Å². The maximum absolute atomic E-state index is 12.9. The van der Waals surface area contributed by atoms with Crippen LogP contribution in [0.2, 0.25) is 0 Å². The number of hydrogen-bond acceptors (Lipinski definition) is 13. The van der Waals surface area contributed by atoms with Crippen molar-refractivity contribution in [3.63, 3.8) is 0 Å². The Bertz CT molecular complexity index is 1170. The Morgan fingerprint density at radius 3 is 1.22 bits per heavy atom. The monoisotopic (exact) mass is 890 g/mol. The summed E-state index contributed by atoms with van der Waals surface area (Å²) in [4.78, 5) is 54.1. The Balaban J connectivity index is 2.61. The molecule has 0 aliphatic heterocycles. The summed E-state index contributed by atoms with van der Waals surface area (Å²) in [5, 5.41) is 41.1. The Hall–Kier alpha value is -1.00. The average Bonchev–Trinajstić information content (AvgIpc) is 3.18. The zero-order valence-corrected chi connectivity index (χ0v) is 37.7. The van der Waals surface area contributed by atoms with E-state index >= 15 is 0 Å². The maximum Gasteiger partial charge on any atom is 0.472 e. The van der Waals surface area contributed by atoms with Crippen molar-refractivity contribution < 1.29 is 76.9 Å². The minimum Gasteiger partial charge on any atom is -0.462 e. The van der Waals surface area contributed by atoms with Crippen molar-refractivity contribution in [2.75, 3.05) is 13.2 Å². The van der Waals surface area contributed by atoms with Crippen LogP contribution in [-0.2, 0) is 41.8 Å². The molecule has 0 saturated heterocycles. The standard InChI is InChI=1S/C41H80O16P2/c1-3-5-7-9-11-13-15-17-19-21-23-25-27-29-34(42)53-31-33(55-35(43)30-28-26-24-22-20-18-16-14-12-10-8-6-4-2)32-54-59(51,52)57-41-38(46)36(44)37(45)40(39(41)47)56-58(48,49)50/h33,36-41,44-47H,3-32H2,1-2H3,(H,51,52)(H2,48,49,50)/t33-,36-,37-,38-,39-,40+,41-/m0/s1. The molecule has 7 N–H and O–H groups in total. The van der Waals surface area contributed by atoms with Gasteiger partial charge in [-0.3, -0.25) is 23.2 Å². The molecule has 1 saturated carbocycles. The molecule has 1 unspecified atom stereocenters. The van der Waals surface area contributed by atoms with Gasteiger partial charge >= 0.3 is 27.6 Å². The van der Waals surface area contributed by atoms with E-state index in [-0.39, 0.29) is 12.8 Å². The highest BCUT2D eigenvalue weighted by Gasteiger charge is 2.54. The molecule has 0 radical (unpaired) electrons. The second-order valence-electron chi connectivity index (χ2n) is 16.1. The molecule has 1 rings (SSSR count). The fourth-order valence-electron chi connectivity index (χ4n) is 7.14. The van der Waals surface area contributed by atoms with Gasteiger partial charge in [0.1, 0.15) is 43.2 Å². The van der Waals surface area contributed by atoms with E-state index in [1.807, 2.05) is 0 Å². The summed E-state index contributed by atoms with van der Waals surface area (Å²) in [5.41, 5.74) is 0. The first kappa shape index (κ1) is 56.0. The van der Waals surface area contributed by atoms with E-state index in [1.165, 1.54) is 103 Å². The highest BCUT2D eigenvalue weighted by Crippen LogP contribution is 2.49. The lowest BCUT2D eigenvalue weighted by Crippen LogP contribution is -2.64. The lowest BCUT2D eigenvalue weighted by molar-refractivity contribution is -0.216. The van der Waals surface area contributed by atoms with Crippen LogP contribution in [-0.4, -0.2) is 103 Å². The van der Waals surface area contributed by atoms with Crippen LogP contribution in [0.15, 0.2) is 0 Å². The molecule has 0 amide bonds. The number of ether oxygens (including phenoxy) is 2. The van der Waals surface area contributed by atoms with Crippen molar-refractivity contribution >= 4 is 27.6 Å². The van der Waals surface area contributed by atoms with Gasteiger partial charge in [-0.25, -0.2) is 9.13 Å². The Morgan fingerprint density at radius 1 is 0.475 bits per heavy atom. The maximum atomic E-state index is 12.9. The van der Waals surface area contributed by atoms with Crippen molar-refractivity contribution in [3.8, 4) is 0 Å². The number of aliphatic hydroxyl groups is 4. The molecule has 1 aliphatic rings. The van der Waals surface area contributed by atoms with Crippen molar-refractivity contribution in [1.82, 2.24) is 0 Å². The molecule has 350 valence electrons. The third-order valence-corrected chi connectivity index (χ3v) is 12.2. The van der Waals surface area contributed by atoms with Crippen LogP contribution in [0.3, 0.4) is 0 Å². The summed E-state index contributed by atoms with van der Waals surface area (Å²) in [5.74, 6) is -1.19. The zero-order valence-electron chi connectivity index (χ0n) is 36.0. The van der Waals surface area contributed by atoms with Gasteiger partial charge in [0.05, 0.1) is 6.61 Å². The average molecular weight is 891 g/mol. The van der Waals surface area contributed by atoms with Gasteiger partial charge in [0, 0.05) is 12.8 Å². The van der Waals surface area contributed by atoms with Crippen molar-refractivity contribution in [1.29, 1.82) is 0 Å². The largest absolute Gasteiger partial charge is 0.472 e. The fourth-order valence-corrected chi connectivity index (χ4v) is 8.68. The van der Waals surface area contributed by atoms with Crippen molar-refractivity contribution in [3.05, 3.63) is 0 Å². The van der Waals surface area contributed by atoms with Crippen LogP contribution in [0.5, 0.6) is 0 Å². The van der Waals surface area contributed by atoms with E-state index in [9.17, 15) is 44.0 Å². The normalized spacial score (nSPS) is 22.5. The molecular weight excluding hydrogens is 810 g/mol. The van der Waals surface area contributed by atoms with E-state index in [0.29, 0.717) is 12.8 Å². The number of rotatable bonds is 38. The molecular formula is C41H80O16P2. The molecule has 18 heteroatoms. The SMILES string of the molecule is CCCCCCCCCCCCCCCC(=O)OC[C@@H](COP(=O)(O)O[C@@H]1[C@@H](O)[C@H](OP(=O)(O)O)[C@@H](O)[C@H](O)[C@@H]1O)OC(=O)CCCCCCCCCCCCCCC. The van der Waals surface area contributed by atoms with E-state index in [0.717, 1.165) is 51.4 Å². The molecule has 0 bridgehead atoms. The number of carbonyl (C=O) groups excluding carboxylic acids is 2. The van der Waals surface area contributed by atoms with Gasteiger partial charge in [0.15, 0.2) is 6.10 Å². The van der Waals surface area contributed by atoms with E-state index in [1.54, 1.807) is 0 Å². The van der Waals surface area contributed by atoms with Gasteiger partial charge in [-0.05, 0) is 12.8 Å². The number of carbonyl (C=O) groups is 2. The molecule has 0 aromatic carbocycles. The number of phosphoric ester groups is 2. The topological polar surface area (TPSA) is 256 Å². The predicted octanol–water partition coefficient (Wildman–Crippen LogP) is 7.84. The zero-order chi connectivity index (χ0) is 43.9. The third-order valence-electron chi connectivity index (χ3n) is 10.7. The van der Waals surface area contributed by atoms with E-state index < -0.39 is 83.5 Å². The highest BCUT2D eigenvalue weighted by atomic mass is 31.2. The molecule has 1 fully saturated rings. The second kappa shape index (κ2) is 33.5. The Labute approximate surface area is 353 Å². The highest BCUT2D eigenvalue weighted by molar-refractivity contribution is 7.47. The summed E-state index contributed by atoms with van der Waals surface area (Å²) in [6.07, 6.45) is 15.0. The number of phosphoric acid groups is 2. The number of hydrogen-bond donors (Lipinski definition) is 7. The van der Waals surface area contributed by atoms with Gasteiger partial charge < -0.3 is 44.6 Å². The van der Waals surface area contributed by atoms with Crippen molar-refractivity contribution in [2.45, 2.75) is 236 Å². The van der Waals surface area contributed by atoms with Gasteiger partial charge in [-0.1, -0.05) is 168 Å². The van der Waals surface area contributed by atoms with Crippen molar-refractivity contribution in [2.24, 2.45) is 0 Å². The lowest BCUT2D eigenvalue weighted by atomic mass is 9.85. The van der Waals surface area contributed by atoms with E-state index in [4.69, 9.17) is 28.3 Å². The molecule has 0 aromatic rings. The first-order chi connectivity index (χ1) is 28.1. The van der Waals surface area contributed by atoms with Crippen LogP contribution in [0.1, 0.15) is 194 Å². The Morgan fingerprint density at radius 2 is 0.831 bits per heavy atom. The summed E-state index contributed by atoms with van der Waals surface area (Å²) in [6.45, 7) is 3.11. The first-order valence-corrected chi connectivity index (χ1v) is 25.6. The molecule has 0 heterocycles. The molecule has 1 aliphatic carbocycles.